The number of carbonyl (C=O) groups is 1. The zero-order valence-electron chi connectivity index (χ0n) is 11.5. The average molecular weight is 259 g/mol. The molecule has 2 aromatic rings. The number of aromatic nitrogens is 1. The Labute approximate surface area is 112 Å². The van der Waals surface area contributed by atoms with Gasteiger partial charge in [-0.1, -0.05) is 0 Å². The van der Waals surface area contributed by atoms with Crippen LogP contribution in [0.5, 0.6) is 5.75 Å². The zero-order chi connectivity index (χ0) is 14.2. The minimum Gasteiger partial charge on any atom is -0.494 e. The number of rotatable bonds is 3. The third-order valence-corrected chi connectivity index (χ3v) is 3.28. The molecule has 4 heteroatoms. The highest BCUT2D eigenvalue weighted by atomic mass is 16.5. The molecule has 1 atom stereocenters. The Morgan fingerprint density at radius 1 is 1.32 bits per heavy atom. The van der Waals surface area contributed by atoms with Gasteiger partial charge >= 0.3 is 5.97 Å². The summed E-state index contributed by atoms with van der Waals surface area (Å²) in [4.78, 5) is 15.5. The third kappa shape index (κ3) is 2.38. The van der Waals surface area contributed by atoms with Crippen LogP contribution in [-0.2, 0) is 4.79 Å². The first kappa shape index (κ1) is 13.3. The van der Waals surface area contributed by atoms with E-state index in [1.165, 1.54) is 0 Å². The second-order valence-electron chi connectivity index (χ2n) is 4.79. The predicted octanol–water partition coefficient (Wildman–Crippen LogP) is 3.05. The molecule has 0 saturated carbocycles. The van der Waals surface area contributed by atoms with E-state index in [-0.39, 0.29) is 0 Å². The van der Waals surface area contributed by atoms with Gasteiger partial charge in [-0.3, -0.25) is 4.79 Å². The van der Waals surface area contributed by atoms with Crippen molar-refractivity contribution in [3.8, 4) is 5.75 Å². The maximum atomic E-state index is 11.1. The van der Waals surface area contributed by atoms with Crippen LogP contribution in [0.25, 0.3) is 10.9 Å². The fourth-order valence-electron chi connectivity index (χ4n) is 2.13. The summed E-state index contributed by atoms with van der Waals surface area (Å²) in [6, 6.07) is 5.78. The molecule has 0 spiro atoms. The highest BCUT2D eigenvalue weighted by molar-refractivity contribution is 5.89. The Hall–Kier alpha value is -2.10. The van der Waals surface area contributed by atoms with Crippen LogP contribution in [0.2, 0.25) is 0 Å². The van der Waals surface area contributed by atoms with Gasteiger partial charge in [-0.15, -0.1) is 0 Å². The molecule has 0 aliphatic heterocycles. The summed E-state index contributed by atoms with van der Waals surface area (Å²) in [6.07, 6.45) is 0. The number of fused-ring (bicyclic) bond motifs is 1. The Kier molecular flexibility index (Phi) is 3.42. The molecule has 19 heavy (non-hydrogen) atoms. The lowest BCUT2D eigenvalue weighted by Crippen LogP contribution is -2.10. The fourth-order valence-corrected chi connectivity index (χ4v) is 2.13. The molecule has 1 unspecified atom stereocenters. The van der Waals surface area contributed by atoms with E-state index in [2.05, 4.69) is 4.98 Å². The summed E-state index contributed by atoms with van der Waals surface area (Å²) in [5, 5.41) is 10.1. The van der Waals surface area contributed by atoms with Gasteiger partial charge in [0, 0.05) is 5.39 Å². The lowest BCUT2D eigenvalue weighted by Gasteiger charge is -2.13. The molecule has 0 amide bonds. The number of hydrogen-bond acceptors (Lipinski definition) is 3. The smallest absolute Gasteiger partial charge is 0.312 e. The van der Waals surface area contributed by atoms with Gasteiger partial charge in [-0.05, 0) is 50.1 Å². The van der Waals surface area contributed by atoms with Crippen LogP contribution in [0.1, 0.15) is 29.7 Å². The van der Waals surface area contributed by atoms with Crippen molar-refractivity contribution in [2.24, 2.45) is 0 Å². The van der Waals surface area contributed by atoms with Crippen molar-refractivity contribution in [1.29, 1.82) is 0 Å². The highest BCUT2D eigenvalue weighted by Crippen LogP contribution is 2.30. The van der Waals surface area contributed by atoms with E-state index in [0.29, 0.717) is 11.4 Å². The summed E-state index contributed by atoms with van der Waals surface area (Å²) < 4.78 is 5.35. The number of aliphatic carboxylic acids is 1. The summed E-state index contributed by atoms with van der Waals surface area (Å²) in [6.45, 7) is 5.59. The van der Waals surface area contributed by atoms with Gasteiger partial charge in [0.25, 0.3) is 0 Å². The van der Waals surface area contributed by atoms with Crippen LogP contribution in [0.15, 0.2) is 18.2 Å². The van der Waals surface area contributed by atoms with Gasteiger partial charge in [0.1, 0.15) is 11.3 Å². The van der Waals surface area contributed by atoms with Crippen LogP contribution in [-0.4, -0.2) is 23.2 Å². The van der Waals surface area contributed by atoms with E-state index in [1.54, 1.807) is 14.0 Å². The van der Waals surface area contributed by atoms with Crippen LogP contribution in [0.4, 0.5) is 0 Å². The number of methoxy groups -OCH3 is 1. The first-order chi connectivity index (χ1) is 8.93. The van der Waals surface area contributed by atoms with Gasteiger partial charge in [0.05, 0.1) is 18.7 Å². The SMILES string of the molecule is COc1cc(C)cc2c(C)cc(C(C)C(=O)O)nc12. The molecule has 0 saturated heterocycles. The molecule has 1 N–H and O–H groups in total. The lowest BCUT2D eigenvalue weighted by molar-refractivity contribution is -0.138. The number of carboxylic acids is 1. The van der Waals surface area contributed by atoms with E-state index in [1.807, 2.05) is 32.0 Å². The average Bonchev–Trinajstić information content (AvgIpc) is 2.37. The van der Waals surface area contributed by atoms with E-state index in [9.17, 15) is 4.79 Å². The van der Waals surface area contributed by atoms with Gasteiger partial charge in [-0.2, -0.15) is 0 Å². The summed E-state index contributed by atoms with van der Waals surface area (Å²) in [7, 11) is 1.60. The molecule has 4 nitrogen and oxygen atoms in total. The molecular formula is C15H17NO3. The Balaban J connectivity index is 2.74. The van der Waals surface area contributed by atoms with Crippen molar-refractivity contribution in [1.82, 2.24) is 4.98 Å². The van der Waals surface area contributed by atoms with Crippen molar-refractivity contribution >= 4 is 16.9 Å². The first-order valence-corrected chi connectivity index (χ1v) is 6.12. The quantitative estimate of drug-likeness (QED) is 0.920. The number of carboxylic acid groups (broad SMARTS) is 1. The number of ether oxygens (including phenoxy) is 1. The van der Waals surface area contributed by atoms with Crippen LogP contribution in [0, 0.1) is 13.8 Å². The maximum absolute atomic E-state index is 11.1. The Morgan fingerprint density at radius 3 is 2.58 bits per heavy atom. The normalized spacial score (nSPS) is 12.4. The summed E-state index contributed by atoms with van der Waals surface area (Å²) in [5.74, 6) is -0.830. The van der Waals surface area contributed by atoms with Gasteiger partial charge in [0.2, 0.25) is 0 Å². The highest BCUT2D eigenvalue weighted by Gasteiger charge is 2.18. The molecule has 1 heterocycles. The maximum Gasteiger partial charge on any atom is 0.312 e. The first-order valence-electron chi connectivity index (χ1n) is 6.12. The monoisotopic (exact) mass is 259 g/mol. The summed E-state index contributed by atoms with van der Waals surface area (Å²) >= 11 is 0. The van der Waals surface area contributed by atoms with Crippen LogP contribution in [0.3, 0.4) is 0 Å². The van der Waals surface area contributed by atoms with Gasteiger partial charge < -0.3 is 9.84 Å². The molecule has 0 bridgehead atoms. The van der Waals surface area contributed by atoms with E-state index in [0.717, 1.165) is 22.0 Å². The molecule has 2 rings (SSSR count). The predicted molar refractivity (Wildman–Crippen MR) is 73.8 cm³/mol. The Morgan fingerprint density at radius 2 is 2.00 bits per heavy atom. The molecule has 0 aliphatic rings. The molecular weight excluding hydrogens is 242 g/mol. The number of pyridine rings is 1. The van der Waals surface area contributed by atoms with Crippen LogP contribution < -0.4 is 4.74 Å². The van der Waals surface area contributed by atoms with E-state index >= 15 is 0 Å². The minimum atomic E-state index is -0.877. The van der Waals surface area contributed by atoms with E-state index < -0.39 is 11.9 Å². The van der Waals surface area contributed by atoms with Crippen molar-refractivity contribution in [3.05, 3.63) is 35.0 Å². The van der Waals surface area contributed by atoms with Crippen molar-refractivity contribution in [2.45, 2.75) is 26.7 Å². The zero-order valence-corrected chi connectivity index (χ0v) is 11.5. The molecule has 100 valence electrons. The Bertz CT molecular complexity index is 649. The number of aryl methyl sites for hydroxylation is 2. The molecule has 1 aromatic heterocycles. The van der Waals surface area contributed by atoms with Crippen molar-refractivity contribution in [2.75, 3.05) is 7.11 Å². The van der Waals surface area contributed by atoms with Gasteiger partial charge in [-0.25, -0.2) is 4.98 Å². The lowest BCUT2D eigenvalue weighted by atomic mass is 10.0. The van der Waals surface area contributed by atoms with Crippen LogP contribution >= 0.6 is 0 Å². The van der Waals surface area contributed by atoms with Gasteiger partial charge in [0.15, 0.2) is 0 Å². The second kappa shape index (κ2) is 4.88. The summed E-state index contributed by atoms with van der Waals surface area (Å²) in [5.41, 5.74) is 3.37. The van der Waals surface area contributed by atoms with Crippen molar-refractivity contribution in [3.63, 3.8) is 0 Å². The van der Waals surface area contributed by atoms with E-state index in [4.69, 9.17) is 9.84 Å². The minimum absolute atomic E-state index is 0.555. The fraction of sp³-hybridized carbons (Fsp3) is 0.333. The number of hydrogen-bond donors (Lipinski definition) is 1. The topological polar surface area (TPSA) is 59.4 Å². The molecule has 0 fully saturated rings. The standard InChI is InChI=1S/C15H17NO3/c1-8-5-11-9(2)7-12(10(3)15(17)18)16-14(11)13(6-8)19-4/h5-7,10H,1-4H3,(H,17,18). The molecule has 0 radical (unpaired) electrons. The third-order valence-electron chi connectivity index (χ3n) is 3.28. The molecule has 0 aliphatic carbocycles. The largest absolute Gasteiger partial charge is 0.494 e. The second-order valence-corrected chi connectivity index (χ2v) is 4.79. The van der Waals surface area contributed by atoms with Crippen molar-refractivity contribution < 1.29 is 14.6 Å². The number of nitrogens with zero attached hydrogens (tertiary/aromatic N) is 1. The number of benzene rings is 1. The molecule has 1 aromatic carbocycles.